The number of rotatable bonds is 4. The van der Waals surface area contributed by atoms with Crippen molar-refractivity contribution in [3.63, 3.8) is 0 Å². The predicted octanol–water partition coefficient (Wildman–Crippen LogP) is 3.82. The smallest absolute Gasteiger partial charge is 0.237 e. The van der Waals surface area contributed by atoms with Crippen LogP contribution in [0, 0.1) is 18.3 Å². The SMILES string of the molecule is Cc1ncc(C2=CCC3C(=C2)N(c2cnc(C4CC4)c(S(C)(=O)=O)c2)C(=O)C3(C)C)cn1. The van der Waals surface area contributed by atoms with E-state index in [0.717, 1.165) is 29.7 Å². The fourth-order valence-corrected chi connectivity index (χ4v) is 5.59. The van der Waals surface area contributed by atoms with Crippen LogP contribution in [0.15, 0.2) is 47.4 Å². The maximum absolute atomic E-state index is 13.5. The van der Waals surface area contributed by atoms with E-state index in [2.05, 4.69) is 21.0 Å². The van der Waals surface area contributed by atoms with Crippen LogP contribution in [0.25, 0.3) is 5.57 Å². The van der Waals surface area contributed by atoms with Gasteiger partial charge in [-0.3, -0.25) is 14.7 Å². The zero-order chi connectivity index (χ0) is 22.8. The van der Waals surface area contributed by atoms with Gasteiger partial charge in [-0.1, -0.05) is 19.9 Å². The Morgan fingerprint density at radius 3 is 2.41 bits per heavy atom. The summed E-state index contributed by atoms with van der Waals surface area (Å²) in [6.07, 6.45) is 13.1. The lowest BCUT2D eigenvalue weighted by Gasteiger charge is -2.26. The number of aryl methyl sites for hydroxylation is 1. The Morgan fingerprint density at radius 1 is 1.09 bits per heavy atom. The molecule has 7 nitrogen and oxygen atoms in total. The van der Waals surface area contributed by atoms with Gasteiger partial charge in [-0.2, -0.15) is 0 Å². The Labute approximate surface area is 188 Å². The molecule has 0 bridgehead atoms. The summed E-state index contributed by atoms with van der Waals surface area (Å²) >= 11 is 0. The van der Waals surface area contributed by atoms with Crippen LogP contribution in [0.1, 0.15) is 56.1 Å². The van der Waals surface area contributed by atoms with Gasteiger partial charge in [0, 0.05) is 41.7 Å². The number of carbonyl (C=O) groups is 1. The lowest BCUT2D eigenvalue weighted by atomic mass is 9.75. The normalized spacial score (nSPS) is 22.4. The van der Waals surface area contributed by atoms with E-state index in [9.17, 15) is 13.2 Å². The molecule has 1 unspecified atom stereocenters. The second-order valence-electron chi connectivity index (χ2n) is 9.52. The number of pyridine rings is 1. The Bertz CT molecular complexity index is 1290. The molecule has 1 atom stereocenters. The molecule has 3 heterocycles. The number of carbonyl (C=O) groups excluding carboxylic acids is 1. The lowest BCUT2D eigenvalue weighted by molar-refractivity contribution is -0.125. The number of hydrogen-bond donors (Lipinski definition) is 0. The maximum Gasteiger partial charge on any atom is 0.237 e. The fourth-order valence-electron chi connectivity index (χ4n) is 4.66. The number of sulfone groups is 1. The summed E-state index contributed by atoms with van der Waals surface area (Å²) in [5, 5.41) is 0. The molecule has 166 valence electrons. The van der Waals surface area contributed by atoms with Gasteiger partial charge in [-0.25, -0.2) is 18.4 Å². The summed E-state index contributed by atoms with van der Waals surface area (Å²) in [5.41, 5.74) is 3.21. The molecule has 1 aliphatic heterocycles. The summed E-state index contributed by atoms with van der Waals surface area (Å²) in [7, 11) is -3.47. The third-order valence-electron chi connectivity index (χ3n) is 6.72. The van der Waals surface area contributed by atoms with Crippen LogP contribution >= 0.6 is 0 Å². The van der Waals surface area contributed by atoms with E-state index in [4.69, 9.17) is 0 Å². The van der Waals surface area contributed by atoms with Crippen molar-refractivity contribution in [1.82, 2.24) is 15.0 Å². The molecular formula is C24H26N4O3S. The topological polar surface area (TPSA) is 93.1 Å². The number of aromatic nitrogens is 3. The number of allylic oxidation sites excluding steroid dienone is 4. The first-order valence-corrected chi connectivity index (χ1v) is 12.7. The van der Waals surface area contributed by atoms with Crippen molar-refractivity contribution in [1.29, 1.82) is 0 Å². The molecule has 0 spiro atoms. The zero-order valence-corrected chi connectivity index (χ0v) is 19.5. The highest BCUT2D eigenvalue weighted by atomic mass is 32.2. The van der Waals surface area contributed by atoms with Crippen LogP contribution in [-0.2, 0) is 14.6 Å². The van der Waals surface area contributed by atoms with E-state index in [1.54, 1.807) is 29.6 Å². The number of hydrogen-bond acceptors (Lipinski definition) is 6. The number of nitrogens with zero attached hydrogens (tertiary/aromatic N) is 4. The fraction of sp³-hybridized carbons (Fsp3) is 0.417. The summed E-state index contributed by atoms with van der Waals surface area (Å²) in [6.45, 7) is 5.74. The number of anilines is 1. The highest BCUT2D eigenvalue weighted by Crippen LogP contribution is 2.51. The van der Waals surface area contributed by atoms with Crippen molar-refractivity contribution in [2.75, 3.05) is 11.2 Å². The molecule has 2 aromatic rings. The van der Waals surface area contributed by atoms with E-state index >= 15 is 0 Å². The molecule has 5 rings (SSSR count). The van der Waals surface area contributed by atoms with Crippen molar-refractivity contribution in [3.8, 4) is 0 Å². The van der Waals surface area contributed by atoms with E-state index in [0.29, 0.717) is 23.6 Å². The van der Waals surface area contributed by atoms with Gasteiger partial charge in [0.05, 0.1) is 27.9 Å². The number of amides is 1. The average molecular weight is 451 g/mol. The van der Waals surface area contributed by atoms with Crippen LogP contribution in [0.4, 0.5) is 5.69 Å². The third-order valence-corrected chi connectivity index (χ3v) is 7.85. The summed E-state index contributed by atoms with van der Waals surface area (Å²) in [6, 6.07) is 1.63. The molecule has 1 saturated carbocycles. The minimum atomic E-state index is -3.47. The van der Waals surface area contributed by atoms with Gasteiger partial charge in [-0.05, 0) is 43.9 Å². The van der Waals surface area contributed by atoms with Crippen LogP contribution in [0.2, 0.25) is 0 Å². The third kappa shape index (κ3) is 3.37. The Morgan fingerprint density at radius 2 is 1.78 bits per heavy atom. The van der Waals surface area contributed by atoms with Gasteiger partial charge in [-0.15, -0.1) is 0 Å². The van der Waals surface area contributed by atoms with Crippen LogP contribution < -0.4 is 4.90 Å². The van der Waals surface area contributed by atoms with Crippen molar-refractivity contribution >= 4 is 27.0 Å². The van der Waals surface area contributed by atoms with Crippen LogP contribution in [0.5, 0.6) is 0 Å². The summed E-state index contributed by atoms with van der Waals surface area (Å²) in [4.78, 5) is 28.5. The molecule has 8 heteroatoms. The van der Waals surface area contributed by atoms with Gasteiger partial charge < -0.3 is 0 Å². The van der Waals surface area contributed by atoms with Gasteiger partial charge in [0.2, 0.25) is 5.91 Å². The van der Waals surface area contributed by atoms with Crippen molar-refractivity contribution in [3.05, 3.63) is 59.6 Å². The largest absolute Gasteiger partial charge is 0.282 e. The first kappa shape index (κ1) is 21.0. The van der Waals surface area contributed by atoms with E-state index in [-0.39, 0.29) is 22.6 Å². The monoisotopic (exact) mass is 450 g/mol. The molecule has 1 saturated heterocycles. The summed E-state index contributed by atoms with van der Waals surface area (Å²) in [5.74, 6) is 0.834. The zero-order valence-electron chi connectivity index (χ0n) is 18.7. The molecule has 3 aliphatic rings. The quantitative estimate of drug-likeness (QED) is 0.703. The van der Waals surface area contributed by atoms with Gasteiger partial charge in [0.1, 0.15) is 5.82 Å². The second kappa shape index (κ2) is 7.07. The Kier molecular flexibility index (Phi) is 4.64. The molecule has 0 aromatic carbocycles. The first-order chi connectivity index (χ1) is 15.1. The van der Waals surface area contributed by atoms with Gasteiger partial charge in [0.15, 0.2) is 9.84 Å². The van der Waals surface area contributed by atoms with Gasteiger partial charge in [0.25, 0.3) is 0 Å². The van der Waals surface area contributed by atoms with Crippen molar-refractivity contribution in [2.24, 2.45) is 11.3 Å². The van der Waals surface area contributed by atoms with E-state index in [1.807, 2.05) is 26.8 Å². The predicted molar refractivity (Wildman–Crippen MR) is 122 cm³/mol. The minimum absolute atomic E-state index is 0.00471. The Balaban J connectivity index is 1.62. The van der Waals surface area contributed by atoms with Crippen LogP contribution in [-0.4, -0.2) is 35.5 Å². The summed E-state index contributed by atoms with van der Waals surface area (Å²) < 4.78 is 25.1. The molecule has 1 amide bonds. The van der Waals surface area contributed by atoms with Crippen molar-refractivity contribution < 1.29 is 13.2 Å². The van der Waals surface area contributed by atoms with Crippen LogP contribution in [0.3, 0.4) is 0 Å². The molecule has 2 aliphatic carbocycles. The average Bonchev–Trinajstić information content (AvgIpc) is 3.56. The molecular weight excluding hydrogens is 424 g/mol. The molecule has 2 fully saturated rings. The minimum Gasteiger partial charge on any atom is -0.282 e. The van der Waals surface area contributed by atoms with E-state index in [1.165, 1.54) is 6.26 Å². The highest BCUT2D eigenvalue weighted by molar-refractivity contribution is 7.90. The first-order valence-electron chi connectivity index (χ1n) is 10.8. The molecule has 32 heavy (non-hydrogen) atoms. The lowest BCUT2D eigenvalue weighted by Crippen LogP contribution is -2.31. The molecule has 2 aromatic heterocycles. The standard InChI is InChI=1S/C24H26N4O3S/c1-14-25-11-17(12-26-14)16-7-8-19-20(9-16)28(23(29)24(19,2)3)18-10-21(32(4,30)31)22(27-13-18)15-5-6-15/h7,9-13,15,19H,5-6,8H2,1-4H3. The second-order valence-corrected chi connectivity index (χ2v) is 11.5. The van der Waals surface area contributed by atoms with Crippen molar-refractivity contribution in [2.45, 2.75) is 50.8 Å². The Hall–Kier alpha value is -2.87. The van der Waals surface area contributed by atoms with E-state index < -0.39 is 15.3 Å². The molecule has 0 radical (unpaired) electrons. The maximum atomic E-state index is 13.5. The highest BCUT2D eigenvalue weighted by Gasteiger charge is 2.51. The van der Waals surface area contributed by atoms with Gasteiger partial charge >= 0.3 is 0 Å². The molecule has 0 N–H and O–H groups in total. The number of fused-ring (bicyclic) bond motifs is 1.